The number of para-hydroxylation sites is 1. The summed E-state index contributed by atoms with van der Waals surface area (Å²) in [7, 11) is 0. The lowest BCUT2D eigenvalue weighted by Gasteiger charge is -2.06. The molecule has 23 heavy (non-hydrogen) atoms. The highest BCUT2D eigenvalue weighted by Crippen LogP contribution is 2.28. The van der Waals surface area contributed by atoms with Crippen LogP contribution < -0.4 is 5.32 Å². The van der Waals surface area contributed by atoms with E-state index >= 15 is 0 Å². The smallest absolute Gasteiger partial charge is 0.322 e. The summed E-state index contributed by atoms with van der Waals surface area (Å²) < 4.78 is 1.58. The molecule has 0 unspecified atom stereocenters. The number of pyridine rings is 1. The molecule has 8 heteroatoms. The Morgan fingerprint density at radius 3 is 2.61 bits per heavy atom. The predicted octanol–water partition coefficient (Wildman–Crippen LogP) is 0.940. The van der Waals surface area contributed by atoms with Crippen molar-refractivity contribution in [1.82, 2.24) is 20.1 Å². The zero-order valence-electron chi connectivity index (χ0n) is 11.8. The minimum Gasteiger partial charge on any atom is -0.505 e. The number of aliphatic carboxylic acids is 1. The fraction of sp³-hybridized carbons (Fsp3) is 0.0667. The van der Waals surface area contributed by atoms with E-state index in [-0.39, 0.29) is 11.4 Å². The number of hydrogen-bond donors (Lipinski definition) is 3. The molecule has 2 aromatic heterocycles. The highest BCUT2D eigenvalue weighted by molar-refractivity contribution is 6.01. The Labute approximate surface area is 130 Å². The highest BCUT2D eigenvalue weighted by atomic mass is 16.4. The van der Waals surface area contributed by atoms with Crippen molar-refractivity contribution >= 4 is 22.8 Å². The number of amides is 1. The molecule has 0 atom stereocenters. The fourth-order valence-electron chi connectivity index (χ4n) is 2.16. The number of nitrogens with zero attached hydrogens (tertiary/aromatic N) is 3. The van der Waals surface area contributed by atoms with Gasteiger partial charge in [-0.1, -0.05) is 18.2 Å². The monoisotopic (exact) mass is 312 g/mol. The van der Waals surface area contributed by atoms with Gasteiger partial charge in [-0.2, -0.15) is 5.10 Å². The third-order valence-electron chi connectivity index (χ3n) is 3.22. The van der Waals surface area contributed by atoms with Crippen molar-refractivity contribution in [3.8, 4) is 11.4 Å². The zero-order chi connectivity index (χ0) is 16.4. The summed E-state index contributed by atoms with van der Waals surface area (Å²) in [5.41, 5.74) is 1.07. The van der Waals surface area contributed by atoms with Crippen molar-refractivity contribution < 1.29 is 19.8 Å². The van der Waals surface area contributed by atoms with Crippen LogP contribution in [-0.2, 0) is 4.79 Å². The predicted molar refractivity (Wildman–Crippen MR) is 80.5 cm³/mol. The highest BCUT2D eigenvalue weighted by Gasteiger charge is 2.18. The Hall–Kier alpha value is -3.42. The van der Waals surface area contributed by atoms with E-state index in [0.29, 0.717) is 10.9 Å². The molecule has 0 aliphatic carbocycles. The van der Waals surface area contributed by atoms with Crippen molar-refractivity contribution in [3.63, 3.8) is 0 Å². The Kier molecular flexibility index (Phi) is 3.63. The Bertz CT molecular complexity index is 889. The van der Waals surface area contributed by atoms with Crippen molar-refractivity contribution in [2.75, 3.05) is 6.54 Å². The number of carbonyl (C=O) groups excluding carboxylic acids is 1. The summed E-state index contributed by atoms with van der Waals surface area (Å²) >= 11 is 0. The van der Waals surface area contributed by atoms with E-state index in [2.05, 4.69) is 15.4 Å². The van der Waals surface area contributed by atoms with Crippen molar-refractivity contribution in [2.24, 2.45) is 0 Å². The first kappa shape index (κ1) is 14.5. The summed E-state index contributed by atoms with van der Waals surface area (Å²) in [5, 5.41) is 25.5. The van der Waals surface area contributed by atoms with E-state index in [1.165, 1.54) is 12.4 Å². The van der Waals surface area contributed by atoms with Gasteiger partial charge in [0.25, 0.3) is 5.91 Å². The second-order valence-electron chi connectivity index (χ2n) is 4.72. The van der Waals surface area contributed by atoms with Gasteiger partial charge in [-0.3, -0.25) is 9.59 Å². The fourth-order valence-corrected chi connectivity index (χ4v) is 2.16. The number of fused-ring (bicyclic) bond motifs is 1. The minimum absolute atomic E-state index is 0.244. The lowest BCUT2D eigenvalue weighted by molar-refractivity contribution is -0.135. The molecule has 8 nitrogen and oxygen atoms in total. The van der Waals surface area contributed by atoms with Crippen LogP contribution in [0.3, 0.4) is 0 Å². The third-order valence-corrected chi connectivity index (χ3v) is 3.22. The van der Waals surface area contributed by atoms with Crippen molar-refractivity contribution in [3.05, 3.63) is 48.4 Å². The topological polar surface area (TPSA) is 117 Å². The maximum absolute atomic E-state index is 11.9. The first-order valence-electron chi connectivity index (χ1n) is 6.69. The largest absolute Gasteiger partial charge is 0.505 e. The zero-order valence-corrected chi connectivity index (χ0v) is 11.8. The van der Waals surface area contributed by atoms with E-state index in [9.17, 15) is 14.7 Å². The lowest BCUT2D eigenvalue weighted by Crippen LogP contribution is -2.29. The van der Waals surface area contributed by atoms with Gasteiger partial charge in [-0.15, -0.1) is 0 Å². The minimum atomic E-state index is -1.18. The molecule has 0 fully saturated rings. The number of hydrogen-bond acceptors (Lipinski definition) is 5. The molecule has 0 radical (unpaired) electrons. The molecule has 0 aliphatic rings. The van der Waals surface area contributed by atoms with E-state index in [1.807, 2.05) is 30.3 Å². The third kappa shape index (κ3) is 2.69. The van der Waals surface area contributed by atoms with Gasteiger partial charge in [0, 0.05) is 0 Å². The first-order valence-corrected chi connectivity index (χ1v) is 6.69. The number of carboxylic acids is 1. The van der Waals surface area contributed by atoms with Gasteiger partial charge in [0.05, 0.1) is 29.0 Å². The van der Waals surface area contributed by atoms with E-state index < -0.39 is 18.4 Å². The van der Waals surface area contributed by atoms with Crippen molar-refractivity contribution in [2.45, 2.75) is 0 Å². The Morgan fingerprint density at radius 1 is 1.17 bits per heavy atom. The van der Waals surface area contributed by atoms with Gasteiger partial charge >= 0.3 is 5.97 Å². The average molecular weight is 312 g/mol. The van der Waals surface area contributed by atoms with Crippen LogP contribution in [0.5, 0.6) is 5.75 Å². The molecule has 2 heterocycles. The maximum Gasteiger partial charge on any atom is 0.322 e. The van der Waals surface area contributed by atoms with Crippen LogP contribution in [0.1, 0.15) is 10.5 Å². The normalized spacial score (nSPS) is 10.6. The number of rotatable bonds is 4. The summed E-state index contributed by atoms with van der Waals surface area (Å²) in [4.78, 5) is 26.3. The number of nitrogens with one attached hydrogen (secondary N) is 1. The second kappa shape index (κ2) is 5.76. The molecule has 0 saturated carbocycles. The first-order chi connectivity index (χ1) is 11.1. The molecule has 3 rings (SSSR count). The molecular formula is C15H12N4O4. The van der Waals surface area contributed by atoms with Crippen LogP contribution in [0.25, 0.3) is 16.6 Å². The number of aromatic nitrogens is 3. The summed E-state index contributed by atoms with van der Waals surface area (Å²) in [5.74, 6) is -2.29. The standard InChI is InChI=1S/C15H12N4O4/c20-12(21)8-17-15(23)13-14(22)10-6-18-19(11(10)7-16-13)9-4-2-1-3-5-9/h1-7,22H,8H2,(H,17,23)(H,20,21). The molecule has 0 aliphatic heterocycles. The Balaban J connectivity index is 2.01. The number of carbonyl (C=O) groups is 2. The van der Waals surface area contributed by atoms with Gasteiger partial charge in [0.1, 0.15) is 6.54 Å². The molecule has 116 valence electrons. The molecule has 3 aromatic rings. The quantitative estimate of drug-likeness (QED) is 0.660. The van der Waals surface area contributed by atoms with Gasteiger partial charge in [-0.25, -0.2) is 9.67 Å². The van der Waals surface area contributed by atoms with Crippen LogP contribution in [0.2, 0.25) is 0 Å². The van der Waals surface area contributed by atoms with Crippen LogP contribution in [-0.4, -0.2) is 43.4 Å². The molecule has 1 aromatic carbocycles. The summed E-state index contributed by atoms with van der Waals surface area (Å²) in [6.45, 7) is -0.554. The molecule has 0 bridgehead atoms. The van der Waals surface area contributed by atoms with Gasteiger partial charge in [0.15, 0.2) is 11.4 Å². The second-order valence-corrected chi connectivity index (χ2v) is 4.72. The SMILES string of the molecule is O=C(O)CNC(=O)c1ncc2c(cnn2-c2ccccc2)c1O. The molecule has 0 saturated heterocycles. The summed E-state index contributed by atoms with van der Waals surface area (Å²) in [6.07, 6.45) is 2.83. The number of aromatic hydroxyl groups is 1. The van der Waals surface area contributed by atoms with Gasteiger partial charge in [-0.05, 0) is 12.1 Å². The van der Waals surface area contributed by atoms with Crippen LogP contribution in [0.4, 0.5) is 0 Å². The average Bonchev–Trinajstić information content (AvgIpc) is 2.98. The molecule has 0 spiro atoms. The van der Waals surface area contributed by atoms with Crippen LogP contribution in [0.15, 0.2) is 42.7 Å². The molecule has 1 amide bonds. The molecule has 3 N–H and O–H groups in total. The Morgan fingerprint density at radius 2 is 1.91 bits per heavy atom. The van der Waals surface area contributed by atoms with Gasteiger partial charge < -0.3 is 15.5 Å². The lowest BCUT2D eigenvalue weighted by atomic mass is 10.2. The van der Waals surface area contributed by atoms with Crippen LogP contribution >= 0.6 is 0 Å². The molecular weight excluding hydrogens is 300 g/mol. The van der Waals surface area contributed by atoms with Crippen LogP contribution in [0, 0.1) is 0 Å². The number of carboxylic acid groups (broad SMARTS) is 1. The number of benzene rings is 1. The summed E-state index contributed by atoms with van der Waals surface area (Å²) in [6, 6.07) is 9.26. The van der Waals surface area contributed by atoms with Crippen molar-refractivity contribution in [1.29, 1.82) is 0 Å². The maximum atomic E-state index is 11.9. The van der Waals surface area contributed by atoms with E-state index in [1.54, 1.807) is 4.68 Å². The van der Waals surface area contributed by atoms with E-state index in [0.717, 1.165) is 5.69 Å². The van der Waals surface area contributed by atoms with Gasteiger partial charge in [0.2, 0.25) is 0 Å². The van der Waals surface area contributed by atoms with E-state index in [4.69, 9.17) is 5.11 Å².